The minimum absolute atomic E-state index is 0.146. The smallest absolute Gasteiger partial charge is 0.265 e. The summed E-state index contributed by atoms with van der Waals surface area (Å²) in [6, 6.07) is 12.9. The molecule has 0 fully saturated rings. The van der Waals surface area contributed by atoms with Crippen LogP contribution in [0.5, 0.6) is 5.75 Å². The zero-order valence-electron chi connectivity index (χ0n) is 17.9. The molecule has 34 heavy (non-hydrogen) atoms. The maximum Gasteiger partial charge on any atom is 0.265 e. The fraction of sp³-hybridized carbons (Fsp3) is 0.0870. The second-order valence-electron chi connectivity index (χ2n) is 7.20. The first-order chi connectivity index (χ1) is 16.3. The van der Waals surface area contributed by atoms with Crippen molar-refractivity contribution in [2.75, 3.05) is 16.3 Å². The molecule has 0 spiro atoms. The molecule has 11 heteroatoms. The number of amides is 1. The van der Waals surface area contributed by atoms with E-state index in [4.69, 9.17) is 4.74 Å². The lowest BCUT2D eigenvalue weighted by atomic mass is 10.2. The van der Waals surface area contributed by atoms with E-state index in [2.05, 4.69) is 20.0 Å². The Morgan fingerprint density at radius 3 is 2.68 bits per heavy atom. The van der Waals surface area contributed by atoms with E-state index >= 15 is 0 Å². The Morgan fingerprint density at radius 1 is 1.12 bits per heavy atom. The van der Waals surface area contributed by atoms with Crippen molar-refractivity contribution in [3.05, 3.63) is 88.8 Å². The number of pyridine rings is 2. The van der Waals surface area contributed by atoms with Gasteiger partial charge in [0, 0.05) is 35.1 Å². The lowest BCUT2D eigenvalue weighted by molar-refractivity contribution is 0.103. The van der Waals surface area contributed by atoms with Crippen LogP contribution in [0.15, 0.2) is 72.5 Å². The van der Waals surface area contributed by atoms with Gasteiger partial charge in [-0.25, -0.2) is 12.8 Å². The number of hydrogen-bond acceptors (Lipinski definition) is 7. The molecule has 0 saturated heterocycles. The monoisotopic (exact) mass is 498 g/mol. The van der Waals surface area contributed by atoms with Crippen LogP contribution in [0.4, 0.5) is 15.8 Å². The molecule has 0 bridgehead atoms. The molecule has 0 aliphatic heterocycles. The van der Waals surface area contributed by atoms with Crippen molar-refractivity contribution in [2.45, 2.75) is 6.61 Å². The minimum atomic E-state index is -3.67. The highest BCUT2D eigenvalue weighted by Crippen LogP contribution is 2.32. The van der Waals surface area contributed by atoms with E-state index in [0.717, 1.165) is 23.2 Å². The third kappa shape index (κ3) is 5.74. The summed E-state index contributed by atoms with van der Waals surface area (Å²) in [6.45, 7) is 0.307. The number of carbonyl (C=O) groups excluding carboxylic acids is 1. The molecule has 8 nitrogen and oxygen atoms in total. The standard InChI is InChI=1S/C23H19FN4O4S2/c1-34(30,31)28-18-7-2-6-17(21(18)24)27-23(29)20-11-16(14-33-20)22-19(8-4-10-26-22)32-13-15-5-3-9-25-12-15/h2-12,14,28H,13H2,1H3,(H,27,29). The summed E-state index contributed by atoms with van der Waals surface area (Å²) in [5.41, 5.74) is 1.73. The van der Waals surface area contributed by atoms with Crippen LogP contribution < -0.4 is 14.8 Å². The fourth-order valence-electron chi connectivity index (χ4n) is 3.04. The van der Waals surface area contributed by atoms with Crippen LogP contribution in [0.2, 0.25) is 0 Å². The number of carbonyl (C=O) groups is 1. The molecule has 1 amide bonds. The van der Waals surface area contributed by atoms with E-state index in [1.165, 1.54) is 18.2 Å². The van der Waals surface area contributed by atoms with Crippen molar-refractivity contribution < 1.29 is 22.3 Å². The first-order valence-electron chi connectivity index (χ1n) is 9.93. The molecule has 0 atom stereocenters. The first kappa shape index (κ1) is 23.3. The third-order valence-corrected chi connectivity index (χ3v) is 6.05. The van der Waals surface area contributed by atoms with Gasteiger partial charge in [0.05, 0.1) is 22.5 Å². The molecule has 3 heterocycles. The number of rotatable bonds is 8. The van der Waals surface area contributed by atoms with Crippen LogP contribution in [0.1, 0.15) is 15.2 Å². The van der Waals surface area contributed by atoms with Crippen molar-refractivity contribution in [1.29, 1.82) is 0 Å². The molecular weight excluding hydrogens is 479 g/mol. The van der Waals surface area contributed by atoms with Crippen LogP contribution >= 0.6 is 11.3 Å². The van der Waals surface area contributed by atoms with E-state index in [1.807, 2.05) is 12.1 Å². The van der Waals surface area contributed by atoms with Gasteiger partial charge in [-0.15, -0.1) is 11.3 Å². The van der Waals surface area contributed by atoms with Crippen LogP contribution in [0.3, 0.4) is 0 Å². The molecule has 3 aromatic heterocycles. The van der Waals surface area contributed by atoms with Gasteiger partial charge < -0.3 is 10.1 Å². The summed E-state index contributed by atoms with van der Waals surface area (Å²) in [5.74, 6) is -0.879. The Morgan fingerprint density at radius 2 is 1.91 bits per heavy atom. The molecule has 4 aromatic rings. The maximum absolute atomic E-state index is 14.7. The summed E-state index contributed by atoms with van der Waals surface area (Å²) < 4.78 is 45.5. The molecule has 0 radical (unpaired) electrons. The van der Waals surface area contributed by atoms with Gasteiger partial charge in [0.25, 0.3) is 5.91 Å². The molecule has 0 saturated carbocycles. The predicted octanol–water partition coefficient (Wildman–Crippen LogP) is 4.55. The van der Waals surface area contributed by atoms with Gasteiger partial charge >= 0.3 is 0 Å². The number of sulfonamides is 1. The van der Waals surface area contributed by atoms with Gasteiger partial charge in [-0.1, -0.05) is 12.1 Å². The predicted molar refractivity (Wildman–Crippen MR) is 129 cm³/mol. The van der Waals surface area contributed by atoms with Gasteiger partial charge in [0.1, 0.15) is 18.1 Å². The summed E-state index contributed by atoms with van der Waals surface area (Å²) >= 11 is 1.16. The van der Waals surface area contributed by atoms with Crippen molar-refractivity contribution in [1.82, 2.24) is 9.97 Å². The second-order valence-corrected chi connectivity index (χ2v) is 9.85. The Balaban J connectivity index is 1.51. The number of halogens is 1. The van der Waals surface area contributed by atoms with E-state index < -0.39 is 21.7 Å². The van der Waals surface area contributed by atoms with Gasteiger partial charge in [-0.05, 0) is 36.4 Å². The number of anilines is 2. The largest absolute Gasteiger partial charge is 0.487 e. The molecule has 0 unspecified atom stereocenters. The summed E-state index contributed by atoms with van der Waals surface area (Å²) in [5, 5.41) is 4.24. The summed E-state index contributed by atoms with van der Waals surface area (Å²) in [7, 11) is -3.67. The number of benzene rings is 1. The normalized spacial score (nSPS) is 11.1. The van der Waals surface area contributed by atoms with Gasteiger partial charge in [-0.3, -0.25) is 19.5 Å². The van der Waals surface area contributed by atoms with Crippen LogP contribution in [-0.2, 0) is 16.6 Å². The topological polar surface area (TPSA) is 110 Å². The molecule has 0 aliphatic rings. The molecule has 2 N–H and O–H groups in total. The third-order valence-electron chi connectivity index (χ3n) is 4.53. The molecule has 4 rings (SSSR count). The summed E-state index contributed by atoms with van der Waals surface area (Å²) in [4.78, 5) is 21.5. The lowest BCUT2D eigenvalue weighted by Crippen LogP contribution is -2.14. The van der Waals surface area contributed by atoms with E-state index in [9.17, 15) is 17.6 Å². The molecule has 1 aromatic carbocycles. The molecule has 174 valence electrons. The van der Waals surface area contributed by atoms with E-state index in [0.29, 0.717) is 28.5 Å². The highest BCUT2D eigenvalue weighted by atomic mass is 32.2. The number of ether oxygens (including phenoxy) is 1. The zero-order valence-corrected chi connectivity index (χ0v) is 19.5. The molecule has 0 aliphatic carbocycles. The lowest BCUT2D eigenvalue weighted by Gasteiger charge is -2.10. The van der Waals surface area contributed by atoms with Gasteiger partial charge in [-0.2, -0.15) is 0 Å². The van der Waals surface area contributed by atoms with Crippen molar-refractivity contribution in [3.8, 4) is 17.0 Å². The Labute approximate surface area is 199 Å². The number of nitrogens with zero attached hydrogens (tertiary/aromatic N) is 2. The van der Waals surface area contributed by atoms with Crippen LogP contribution in [-0.4, -0.2) is 30.5 Å². The number of aromatic nitrogens is 2. The fourth-order valence-corrected chi connectivity index (χ4v) is 4.38. The average Bonchev–Trinajstić information content (AvgIpc) is 3.31. The second kappa shape index (κ2) is 9.98. The maximum atomic E-state index is 14.7. The quantitative estimate of drug-likeness (QED) is 0.369. The highest BCUT2D eigenvalue weighted by molar-refractivity contribution is 7.92. The average molecular weight is 499 g/mol. The number of hydrogen-bond donors (Lipinski definition) is 2. The van der Waals surface area contributed by atoms with Crippen molar-refractivity contribution in [2.24, 2.45) is 0 Å². The minimum Gasteiger partial charge on any atom is -0.487 e. The Hall–Kier alpha value is -3.83. The SMILES string of the molecule is CS(=O)(=O)Nc1cccc(NC(=O)c2cc(-c3ncccc3OCc3cccnc3)cs2)c1F. The summed E-state index contributed by atoms with van der Waals surface area (Å²) in [6.07, 6.45) is 5.93. The Kier molecular flexibility index (Phi) is 6.85. The van der Waals surface area contributed by atoms with Crippen LogP contribution in [0.25, 0.3) is 11.3 Å². The molecular formula is C23H19FN4O4S2. The van der Waals surface area contributed by atoms with E-state index in [-0.39, 0.29) is 11.4 Å². The first-order valence-corrected chi connectivity index (χ1v) is 12.7. The van der Waals surface area contributed by atoms with Gasteiger partial charge in [0.2, 0.25) is 10.0 Å². The van der Waals surface area contributed by atoms with Crippen LogP contribution in [0, 0.1) is 5.82 Å². The Bertz CT molecular complexity index is 1430. The highest BCUT2D eigenvalue weighted by Gasteiger charge is 2.17. The number of thiophene rings is 1. The zero-order chi connectivity index (χ0) is 24.1. The van der Waals surface area contributed by atoms with Gasteiger partial charge in [0.15, 0.2) is 5.82 Å². The number of nitrogens with one attached hydrogen (secondary N) is 2. The van der Waals surface area contributed by atoms with E-state index in [1.54, 1.807) is 42.2 Å². The van der Waals surface area contributed by atoms with Crippen molar-refractivity contribution in [3.63, 3.8) is 0 Å². The van der Waals surface area contributed by atoms with Crippen molar-refractivity contribution >= 4 is 38.6 Å².